The van der Waals surface area contributed by atoms with E-state index < -0.39 is 53.0 Å². The summed E-state index contributed by atoms with van der Waals surface area (Å²) in [5, 5.41) is 9.26. The fourth-order valence-corrected chi connectivity index (χ4v) is 1.85. The van der Waals surface area contributed by atoms with Gasteiger partial charge in [-0.2, -0.15) is 26.3 Å². The SMILES string of the molecule is Oc1cc(OCc2cc(C(F)(F)F)ccc2F)cc(C(F)(F)F)c1. The van der Waals surface area contributed by atoms with E-state index >= 15 is 0 Å². The number of phenolic OH excluding ortho intramolecular Hbond substituents is 1. The maximum Gasteiger partial charge on any atom is 0.416 e. The van der Waals surface area contributed by atoms with Crippen molar-refractivity contribution in [1.82, 2.24) is 0 Å². The van der Waals surface area contributed by atoms with Crippen LogP contribution in [0.5, 0.6) is 11.5 Å². The number of rotatable bonds is 3. The second kappa shape index (κ2) is 6.21. The Morgan fingerprint density at radius 2 is 1.46 bits per heavy atom. The van der Waals surface area contributed by atoms with E-state index in [-0.39, 0.29) is 0 Å². The summed E-state index contributed by atoms with van der Waals surface area (Å²) in [6.07, 6.45) is -9.45. The van der Waals surface area contributed by atoms with E-state index in [0.717, 1.165) is 6.07 Å². The van der Waals surface area contributed by atoms with Gasteiger partial charge in [-0.05, 0) is 30.3 Å². The van der Waals surface area contributed by atoms with Gasteiger partial charge in [0, 0.05) is 11.6 Å². The third kappa shape index (κ3) is 4.30. The van der Waals surface area contributed by atoms with E-state index in [1.54, 1.807) is 0 Å². The second-order valence-corrected chi connectivity index (χ2v) is 4.81. The number of hydrogen-bond donors (Lipinski definition) is 1. The minimum atomic E-state index is -4.75. The molecular weight excluding hydrogens is 345 g/mol. The van der Waals surface area contributed by atoms with Crippen molar-refractivity contribution < 1.29 is 40.6 Å². The Morgan fingerprint density at radius 1 is 0.833 bits per heavy atom. The average molecular weight is 354 g/mol. The molecule has 0 fully saturated rings. The Bertz CT molecular complexity index is 736. The number of phenols is 1. The predicted molar refractivity (Wildman–Crippen MR) is 68.8 cm³/mol. The van der Waals surface area contributed by atoms with Crippen LogP contribution in [0.3, 0.4) is 0 Å². The van der Waals surface area contributed by atoms with Gasteiger partial charge >= 0.3 is 12.4 Å². The summed E-state index contributed by atoms with van der Waals surface area (Å²) in [5.74, 6) is -2.21. The molecule has 0 heterocycles. The van der Waals surface area contributed by atoms with Crippen LogP contribution in [-0.2, 0) is 19.0 Å². The summed E-state index contributed by atoms with van der Waals surface area (Å²) >= 11 is 0. The fraction of sp³-hybridized carbons (Fsp3) is 0.200. The lowest BCUT2D eigenvalue weighted by atomic mass is 10.1. The van der Waals surface area contributed by atoms with Crippen molar-refractivity contribution in [1.29, 1.82) is 0 Å². The zero-order valence-corrected chi connectivity index (χ0v) is 11.7. The molecule has 9 heteroatoms. The maximum absolute atomic E-state index is 13.5. The van der Waals surface area contributed by atoms with Crippen LogP contribution in [0.15, 0.2) is 36.4 Å². The van der Waals surface area contributed by atoms with Crippen molar-refractivity contribution in [2.45, 2.75) is 19.0 Å². The molecule has 0 bridgehead atoms. The summed E-state index contributed by atoms with van der Waals surface area (Å²) in [6.45, 7) is -0.740. The molecule has 0 unspecified atom stereocenters. The number of ether oxygens (including phenoxy) is 1. The highest BCUT2D eigenvalue weighted by Gasteiger charge is 2.32. The van der Waals surface area contributed by atoms with Gasteiger partial charge in [0.15, 0.2) is 0 Å². The van der Waals surface area contributed by atoms with Crippen molar-refractivity contribution in [3.63, 3.8) is 0 Å². The van der Waals surface area contributed by atoms with Gasteiger partial charge in [0.1, 0.15) is 23.9 Å². The van der Waals surface area contributed by atoms with Crippen LogP contribution in [0, 0.1) is 5.82 Å². The molecule has 0 aromatic heterocycles. The van der Waals surface area contributed by atoms with Crippen molar-refractivity contribution >= 4 is 0 Å². The number of alkyl halides is 6. The van der Waals surface area contributed by atoms with Crippen molar-refractivity contribution in [3.05, 3.63) is 58.9 Å². The van der Waals surface area contributed by atoms with Gasteiger partial charge in [-0.25, -0.2) is 4.39 Å². The molecule has 0 aliphatic carbocycles. The normalized spacial score (nSPS) is 12.3. The minimum absolute atomic E-state index is 0.456. The van der Waals surface area contributed by atoms with Crippen LogP contribution in [0.25, 0.3) is 0 Å². The van der Waals surface area contributed by atoms with Crippen LogP contribution in [-0.4, -0.2) is 5.11 Å². The van der Waals surface area contributed by atoms with E-state index in [1.165, 1.54) is 0 Å². The zero-order valence-electron chi connectivity index (χ0n) is 11.7. The largest absolute Gasteiger partial charge is 0.508 e. The summed E-state index contributed by atoms with van der Waals surface area (Å²) in [6, 6.07) is 3.46. The van der Waals surface area contributed by atoms with Crippen molar-refractivity contribution in [3.8, 4) is 11.5 Å². The molecule has 0 aliphatic rings. The molecular formula is C15H9F7O2. The van der Waals surface area contributed by atoms with Crippen LogP contribution < -0.4 is 4.74 Å². The molecule has 130 valence electrons. The number of halogens is 7. The number of benzene rings is 2. The standard InChI is InChI=1S/C15H9F7O2/c16-13-2-1-9(14(17,18)19)3-8(13)7-24-12-5-10(15(20,21)22)4-11(23)6-12/h1-6,23H,7H2. The molecule has 0 aliphatic heterocycles. The lowest BCUT2D eigenvalue weighted by molar-refractivity contribution is -0.138. The van der Waals surface area contributed by atoms with Crippen LogP contribution in [0.1, 0.15) is 16.7 Å². The maximum atomic E-state index is 13.5. The van der Waals surface area contributed by atoms with Gasteiger partial charge in [0.05, 0.1) is 11.1 Å². The summed E-state index contributed by atoms with van der Waals surface area (Å²) in [7, 11) is 0. The van der Waals surface area contributed by atoms with Gasteiger partial charge in [0.25, 0.3) is 0 Å². The van der Waals surface area contributed by atoms with Gasteiger partial charge in [-0.3, -0.25) is 0 Å². The first-order chi connectivity index (χ1) is 11.0. The second-order valence-electron chi connectivity index (χ2n) is 4.81. The molecule has 1 N–H and O–H groups in total. The first kappa shape index (κ1) is 17.9. The number of hydrogen-bond acceptors (Lipinski definition) is 2. The third-order valence-electron chi connectivity index (χ3n) is 2.99. The highest BCUT2D eigenvalue weighted by molar-refractivity contribution is 5.39. The van der Waals surface area contributed by atoms with E-state index in [0.29, 0.717) is 30.3 Å². The van der Waals surface area contributed by atoms with E-state index in [2.05, 4.69) is 0 Å². The molecule has 2 nitrogen and oxygen atoms in total. The van der Waals surface area contributed by atoms with Crippen LogP contribution in [0.4, 0.5) is 30.7 Å². The Labute approximate surface area is 131 Å². The van der Waals surface area contributed by atoms with Gasteiger partial charge in [-0.15, -0.1) is 0 Å². The van der Waals surface area contributed by atoms with Crippen LogP contribution in [0.2, 0.25) is 0 Å². The Balaban J connectivity index is 2.24. The quantitative estimate of drug-likeness (QED) is 0.773. The molecule has 0 amide bonds. The third-order valence-corrected chi connectivity index (χ3v) is 2.99. The average Bonchev–Trinajstić information content (AvgIpc) is 2.43. The smallest absolute Gasteiger partial charge is 0.416 e. The molecule has 0 saturated carbocycles. The zero-order chi connectivity index (χ0) is 18.1. The summed E-state index contributed by atoms with van der Waals surface area (Å²) < 4.78 is 94.0. The van der Waals surface area contributed by atoms with Gasteiger partial charge in [0.2, 0.25) is 0 Å². The van der Waals surface area contributed by atoms with Crippen molar-refractivity contribution in [2.24, 2.45) is 0 Å². The summed E-state index contributed by atoms with van der Waals surface area (Å²) in [4.78, 5) is 0. The molecule has 0 radical (unpaired) electrons. The Kier molecular flexibility index (Phi) is 4.63. The Morgan fingerprint density at radius 3 is 2.04 bits per heavy atom. The van der Waals surface area contributed by atoms with E-state index in [1.807, 2.05) is 0 Å². The monoisotopic (exact) mass is 354 g/mol. The minimum Gasteiger partial charge on any atom is -0.508 e. The lowest BCUT2D eigenvalue weighted by Crippen LogP contribution is -2.08. The molecule has 24 heavy (non-hydrogen) atoms. The molecule has 0 atom stereocenters. The summed E-state index contributed by atoms with van der Waals surface area (Å²) in [5.41, 5.74) is -2.81. The molecule has 2 aromatic rings. The molecule has 0 saturated heterocycles. The molecule has 0 spiro atoms. The topological polar surface area (TPSA) is 29.5 Å². The lowest BCUT2D eigenvalue weighted by Gasteiger charge is -2.13. The predicted octanol–water partition coefficient (Wildman–Crippen LogP) is 5.15. The highest BCUT2D eigenvalue weighted by atomic mass is 19.4. The van der Waals surface area contributed by atoms with Crippen molar-refractivity contribution in [2.75, 3.05) is 0 Å². The van der Waals surface area contributed by atoms with E-state index in [9.17, 15) is 35.8 Å². The van der Waals surface area contributed by atoms with E-state index in [4.69, 9.17) is 4.74 Å². The first-order valence-corrected chi connectivity index (χ1v) is 6.36. The highest BCUT2D eigenvalue weighted by Crippen LogP contribution is 2.35. The van der Waals surface area contributed by atoms with Gasteiger partial charge in [-0.1, -0.05) is 0 Å². The first-order valence-electron chi connectivity index (χ1n) is 6.36. The van der Waals surface area contributed by atoms with Crippen LogP contribution >= 0.6 is 0 Å². The Hall–Kier alpha value is -2.45. The number of aromatic hydroxyl groups is 1. The molecule has 2 aromatic carbocycles. The molecule has 2 rings (SSSR count). The fourth-order valence-electron chi connectivity index (χ4n) is 1.85. The van der Waals surface area contributed by atoms with Gasteiger partial charge < -0.3 is 9.84 Å².